The van der Waals surface area contributed by atoms with Gasteiger partial charge in [-0.25, -0.2) is 0 Å². The molecule has 4 heteroatoms. The number of ketones is 1. The molecule has 0 unspecified atom stereocenters. The highest BCUT2D eigenvalue weighted by Crippen LogP contribution is 2.64. The number of carbonyl (C=O) groups is 2. The van der Waals surface area contributed by atoms with Gasteiger partial charge in [0.25, 0.3) is 0 Å². The third-order valence-corrected chi connectivity index (χ3v) is 9.41. The molecule has 0 aromatic carbocycles. The Morgan fingerprint density at radius 3 is 2.68 bits per heavy atom. The van der Waals surface area contributed by atoms with E-state index < -0.39 is 5.97 Å². The number of carboxylic acids is 1. The topological polar surface area (TPSA) is 74.6 Å². The van der Waals surface area contributed by atoms with Gasteiger partial charge < -0.3 is 10.2 Å². The molecule has 0 heterocycles. The third kappa shape index (κ3) is 2.89. The van der Waals surface area contributed by atoms with Crippen molar-refractivity contribution in [2.24, 2.45) is 34.5 Å². The van der Waals surface area contributed by atoms with Crippen LogP contribution in [0, 0.1) is 34.5 Å². The van der Waals surface area contributed by atoms with Crippen LogP contribution in [0.3, 0.4) is 0 Å². The van der Waals surface area contributed by atoms with Crippen LogP contribution in [0.1, 0.15) is 85.0 Å². The zero-order valence-corrected chi connectivity index (χ0v) is 17.7. The van der Waals surface area contributed by atoms with Gasteiger partial charge >= 0.3 is 5.97 Å². The van der Waals surface area contributed by atoms with Crippen LogP contribution in [0.25, 0.3) is 0 Å². The number of allylic oxidation sites excluding steroid dienone is 2. The summed E-state index contributed by atoms with van der Waals surface area (Å²) in [6, 6.07) is 0. The number of carbonyl (C=O) groups excluding carboxylic acids is 1. The maximum atomic E-state index is 13.6. The molecule has 0 aromatic heterocycles. The molecule has 4 aliphatic rings. The van der Waals surface area contributed by atoms with Crippen LogP contribution in [-0.2, 0) is 9.59 Å². The van der Waals surface area contributed by atoms with E-state index in [0.29, 0.717) is 30.5 Å². The number of rotatable bonds is 4. The Morgan fingerprint density at radius 1 is 1.21 bits per heavy atom. The number of aliphatic hydroxyl groups is 1. The molecule has 0 radical (unpaired) electrons. The number of hydrogen-bond acceptors (Lipinski definition) is 3. The van der Waals surface area contributed by atoms with Crippen LogP contribution in [0.15, 0.2) is 11.1 Å². The van der Waals surface area contributed by atoms with E-state index in [4.69, 9.17) is 5.11 Å². The van der Waals surface area contributed by atoms with E-state index in [9.17, 15) is 14.7 Å². The van der Waals surface area contributed by atoms with Crippen LogP contribution in [-0.4, -0.2) is 28.1 Å². The van der Waals surface area contributed by atoms with Gasteiger partial charge in [-0.05, 0) is 87.4 Å². The first kappa shape index (κ1) is 20.1. The molecule has 0 amide bonds. The zero-order chi connectivity index (χ0) is 20.3. The van der Waals surface area contributed by atoms with Crippen molar-refractivity contribution < 1.29 is 19.8 Å². The largest absolute Gasteiger partial charge is 0.481 e. The molecular formula is C24H36O4. The fourth-order valence-corrected chi connectivity index (χ4v) is 7.67. The summed E-state index contributed by atoms with van der Waals surface area (Å²) in [7, 11) is 0. The molecule has 28 heavy (non-hydrogen) atoms. The molecule has 2 N–H and O–H groups in total. The van der Waals surface area contributed by atoms with Crippen molar-refractivity contribution in [2.75, 3.05) is 0 Å². The van der Waals surface area contributed by atoms with Crippen LogP contribution in [0.2, 0.25) is 0 Å². The molecule has 3 saturated carbocycles. The molecule has 0 aromatic rings. The van der Waals surface area contributed by atoms with Gasteiger partial charge in [0.15, 0.2) is 0 Å². The van der Waals surface area contributed by atoms with Crippen LogP contribution in [0.5, 0.6) is 0 Å². The van der Waals surface area contributed by atoms with Crippen molar-refractivity contribution >= 4 is 11.8 Å². The molecule has 0 aliphatic heterocycles. The van der Waals surface area contributed by atoms with E-state index in [1.807, 2.05) is 0 Å². The maximum absolute atomic E-state index is 13.6. The van der Waals surface area contributed by atoms with E-state index in [1.165, 1.54) is 5.57 Å². The zero-order valence-electron chi connectivity index (χ0n) is 17.7. The smallest absolute Gasteiger partial charge is 0.303 e. The Labute approximate surface area is 168 Å². The molecule has 4 aliphatic carbocycles. The second-order valence-electron chi connectivity index (χ2n) is 10.6. The molecule has 156 valence electrons. The summed E-state index contributed by atoms with van der Waals surface area (Å²) in [4.78, 5) is 24.6. The quantitative estimate of drug-likeness (QED) is 0.682. The highest BCUT2D eigenvalue weighted by Gasteiger charge is 2.59. The molecule has 7 atom stereocenters. The molecule has 0 spiro atoms. The minimum atomic E-state index is -0.741. The molecule has 0 saturated heterocycles. The predicted octanol–water partition coefficient (Wildman–Crippen LogP) is 4.75. The highest BCUT2D eigenvalue weighted by molar-refractivity contribution is 5.91. The molecule has 0 bridgehead atoms. The first-order valence-electron chi connectivity index (χ1n) is 11.3. The van der Waals surface area contributed by atoms with Gasteiger partial charge in [-0.1, -0.05) is 25.0 Å². The number of hydrogen-bond donors (Lipinski definition) is 2. The Balaban J connectivity index is 1.65. The minimum absolute atomic E-state index is 0.157. The van der Waals surface area contributed by atoms with Gasteiger partial charge in [0.1, 0.15) is 5.78 Å². The minimum Gasteiger partial charge on any atom is -0.481 e. The lowest BCUT2D eigenvalue weighted by molar-refractivity contribution is -0.137. The lowest BCUT2D eigenvalue weighted by Crippen LogP contribution is -2.51. The average molecular weight is 389 g/mol. The van der Waals surface area contributed by atoms with Gasteiger partial charge in [0.2, 0.25) is 0 Å². The average Bonchev–Trinajstić information content (AvgIpc) is 3.00. The van der Waals surface area contributed by atoms with E-state index in [0.717, 1.165) is 44.9 Å². The van der Waals surface area contributed by atoms with Gasteiger partial charge in [-0.15, -0.1) is 0 Å². The summed E-state index contributed by atoms with van der Waals surface area (Å²) < 4.78 is 0. The van der Waals surface area contributed by atoms with Crippen LogP contribution in [0.4, 0.5) is 0 Å². The third-order valence-electron chi connectivity index (χ3n) is 9.41. The lowest BCUT2D eigenvalue weighted by Gasteiger charge is -2.56. The van der Waals surface area contributed by atoms with E-state index in [2.05, 4.69) is 20.8 Å². The number of fused-ring (bicyclic) bond motifs is 4. The van der Waals surface area contributed by atoms with Crippen molar-refractivity contribution in [1.29, 1.82) is 0 Å². The summed E-state index contributed by atoms with van der Waals surface area (Å²) >= 11 is 0. The van der Waals surface area contributed by atoms with Gasteiger partial charge in [-0.2, -0.15) is 0 Å². The fraction of sp³-hybridized carbons (Fsp3) is 0.833. The second-order valence-corrected chi connectivity index (χ2v) is 10.6. The van der Waals surface area contributed by atoms with Crippen LogP contribution >= 0.6 is 0 Å². The standard InChI is InChI=1S/C24H36O4/c1-14(4-9-22(27)28)18-7-8-19-17-6-5-15-12-16(25)10-11-23(15,2)20(17)13-21(26)24(18,19)3/h14-16,18,20,25H,4-13H2,1-3H3,(H,27,28)/t14-,15-,16-,18-,20+,23+,24-/m1/s1. The van der Waals surface area contributed by atoms with Crippen LogP contribution < -0.4 is 0 Å². The predicted molar refractivity (Wildman–Crippen MR) is 108 cm³/mol. The van der Waals surface area contributed by atoms with Gasteiger partial charge in [-0.3, -0.25) is 9.59 Å². The number of aliphatic carboxylic acids is 1. The van der Waals surface area contributed by atoms with Gasteiger partial charge in [0, 0.05) is 12.8 Å². The molecule has 3 fully saturated rings. The van der Waals surface area contributed by atoms with E-state index >= 15 is 0 Å². The SMILES string of the molecule is C[C@H](CCC(=O)O)[C@H]1CCC2=C3CC[C@@H]4C[C@H](O)CC[C@]4(C)[C@H]3CC(=O)[C@@]21C. The second kappa shape index (κ2) is 6.97. The molecule has 4 nitrogen and oxygen atoms in total. The first-order chi connectivity index (χ1) is 13.2. The Hall–Kier alpha value is -1.16. The van der Waals surface area contributed by atoms with Crippen molar-refractivity contribution in [2.45, 2.75) is 91.1 Å². The Kier molecular flexibility index (Phi) is 5.01. The molecule has 4 rings (SSSR count). The summed E-state index contributed by atoms with van der Waals surface area (Å²) in [5.74, 6) is 1.10. The van der Waals surface area contributed by atoms with Crippen molar-refractivity contribution in [3.05, 3.63) is 11.1 Å². The fourth-order valence-electron chi connectivity index (χ4n) is 7.67. The van der Waals surface area contributed by atoms with Gasteiger partial charge in [0.05, 0.1) is 11.5 Å². The van der Waals surface area contributed by atoms with Crippen molar-refractivity contribution in [1.82, 2.24) is 0 Å². The number of Topliss-reactive ketones (excluding diaryl/α,β-unsaturated/α-hetero) is 1. The highest BCUT2D eigenvalue weighted by atomic mass is 16.4. The molecular weight excluding hydrogens is 352 g/mol. The lowest BCUT2D eigenvalue weighted by atomic mass is 9.48. The summed E-state index contributed by atoms with van der Waals surface area (Å²) in [5.41, 5.74) is 2.78. The van der Waals surface area contributed by atoms with E-state index in [1.54, 1.807) is 5.57 Å². The normalized spacial score (nSPS) is 43.9. The summed E-state index contributed by atoms with van der Waals surface area (Å²) in [6.45, 7) is 6.69. The number of aliphatic hydroxyl groups excluding tert-OH is 1. The van der Waals surface area contributed by atoms with Crippen molar-refractivity contribution in [3.8, 4) is 0 Å². The summed E-state index contributed by atoms with van der Waals surface area (Å²) in [5, 5.41) is 19.2. The Bertz CT molecular complexity index is 709. The monoisotopic (exact) mass is 388 g/mol. The Morgan fingerprint density at radius 2 is 1.96 bits per heavy atom. The summed E-state index contributed by atoms with van der Waals surface area (Å²) in [6.07, 6.45) is 8.41. The maximum Gasteiger partial charge on any atom is 0.303 e. The van der Waals surface area contributed by atoms with Crippen molar-refractivity contribution in [3.63, 3.8) is 0 Å². The van der Waals surface area contributed by atoms with E-state index in [-0.39, 0.29) is 35.2 Å². The number of carboxylic acid groups (broad SMARTS) is 1. The first-order valence-corrected chi connectivity index (χ1v) is 11.3.